The average Bonchev–Trinajstić information content (AvgIpc) is 2.79. The summed E-state index contributed by atoms with van der Waals surface area (Å²) in [5, 5.41) is 9.02. The van der Waals surface area contributed by atoms with E-state index in [9.17, 15) is 0 Å². The minimum atomic E-state index is 0.326. The number of rotatable bonds is 6. The summed E-state index contributed by atoms with van der Waals surface area (Å²) in [5.41, 5.74) is 0. The second-order valence-electron chi connectivity index (χ2n) is 4.51. The molecule has 3 heteroatoms. The van der Waals surface area contributed by atoms with Crippen LogP contribution < -0.4 is 0 Å². The van der Waals surface area contributed by atoms with E-state index in [0.717, 1.165) is 18.7 Å². The van der Waals surface area contributed by atoms with Gasteiger partial charge in [-0.15, -0.1) is 11.8 Å². The van der Waals surface area contributed by atoms with Gasteiger partial charge in [0.15, 0.2) is 0 Å². The maximum Gasteiger partial charge on any atom is 0.0445 e. The molecule has 0 aliphatic carbocycles. The minimum absolute atomic E-state index is 0.326. The molecule has 1 aromatic carbocycles. The summed E-state index contributed by atoms with van der Waals surface area (Å²) in [6.45, 7) is 2.68. The lowest BCUT2D eigenvalue weighted by Crippen LogP contribution is -2.32. The van der Waals surface area contributed by atoms with Crippen molar-refractivity contribution in [2.75, 3.05) is 25.4 Å². The van der Waals surface area contributed by atoms with E-state index in [0.29, 0.717) is 12.6 Å². The smallest absolute Gasteiger partial charge is 0.0445 e. The Morgan fingerprint density at radius 2 is 2.12 bits per heavy atom. The van der Waals surface area contributed by atoms with Gasteiger partial charge in [-0.25, -0.2) is 0 Å². The van der Waals surface area contributed by atoms with Gasteiger partial charge in [0.05, 0.1) is 0 Å². The highest BCUT2D eigenvalue weighted by atomic mass is 32.2. The van der Waals surface area contributed by atoms with E-state index in [4.69, 9.17) is 5.11 Å². The summed E-state index contributed by atoms with van der Waals surface area (Å²) in [6, 6.07) is 11.2. The quantitative estimate of drug-likeness (QED) is 0.786. The molecule has 2 rings (SSSR count). The van der Waals surface area contributed by atoms with E-state index in [2.05, 4.69) is 35.2 Å². The molecule has 1 saturated heterocycles. The van der Waals surface area contributed by atoms with Gasteiger partial charge in [0.2, 0.25) is 0 Å². The van der Waals surface area contributed by atoms with Crippen LogP contribution in [0, 0.1) is 0 Å². The average molecular weight is 251 g/mol. The molecule has 1 N–H and O–H groups in total. The monoisotopic (exact) mass is 251 g/mol. The highest BCUT2D eigenvalue weighted by molar-refractivity contribution is 7.99. The zero-order chi connectivity index (χ0) is 11.9. The largest absolute Gasteiger partial charge is 0.396 e. The molecular weight excluding hydrogens is 230 g/mol. The number of hydrogen-bond donors (Lipinski definition) is 1. The van der Waals surface area contributed by atoms with Crippen molar-refractivity contribution in [2.24, 2.45) is 0 Å². The van der Waals surface area contributed by atoms with E-state index in [1.807, 2.05) is 11.8 Å². The molecular formula is C14H21NOS. The van der Waals surface area contributed by atoms with Gasteiger partial charge in [-0.3, -0.25) is 4.90 Å². The van der Waals surface area contributed by atoms with Gasteiger partial charge < -0.3 is 5.11 Å². The Morgan fingerprint density at radius 1 is 1.29 bits per heavy atom. The molecule has 0 amide bonds. The van der Waals surface area contributed by atoms with E-state index < -0.39 is 0 Å². The van der Waals surface area contributed by atoms with Crippen molar-refractivity contribution >= 4 is 11.8 Å². The highest BCUT2D eigenvalue weighted by Crippen LogP contribution is 2.22. The number of nitrogens with zero attached hydrogens (tertiary/aromatic N) is 1. The van der Waals surface area contributed by atoms with Gasteiger partial charge in [0, 0.05) is 29.8 Å². The molecule has 0 bridgehead atoms. The molecule has 1 atom stereocenters. The van der Waals surface area contributed by atoms with Gasteiger partial charge >= 0.3 is 0 Å². The van der Waals surface area contributed by atoms with Crippen LogP contribution in [0.25, 0.3) is 0 Å². The Kier molecular flexibility index (Phi) is 5.36. The third-order valence-electron chi connectivity index (χ3n) is 3.35. The number of aliphatic hydroxyl groups is 1. The van der Waals surface area contributed by atoms with Crippen LogP contribution in [0.1, 0.15) is 19.3 Å². The molecule has 0 saturated carbocycles. The van der Waals surface area contributed by atoms with Gasteiger partial charge in [-0.05, 0) is 37.9 Å². The van der Waals surface area contributed by atoms with Crippen molar-refractivity contribution in [2.45, 2.75) is 30.2 Å². The summed E-state index contributed by atoms with van der Waals surface area (Å²) in [4.78, 5) is 3.89. The summed E-state index contributed by atoms with van der Waals surface area (Å²) in [6.07, 6.45) is 3.49. The molecule has 2 nitrogen and oxygen atoms in total. The lowest BCUT2D eigenvalue weighted by Gasteiger charge is -2.23. The molecule has 1 aromatic rings. The normalized spacial score (nSPS) is 20.9. The molecule has 1 fully saturated rings. The third kappa shape index (κ3) is 4.02. The number of aliphatic hydroxyl groups excluding tert-OH is 1. The van der Waals surface area contributed by atoms with E-state index in [1.165, 1.54) is 24.3 Å². The van der Waals surface area contributed by atoms with Crippen LogP contribution in [0.2, 0.25) is 0 Å². The first-order valence-electron chi connectivity index (χ1n) is 6.43. The molecule has 17 heavy (non-hydrogen) atoms. The van der Waals surface area contributed by atoms with Crippen LogP contribution in [0.4, 0.5) is 0 Å². The van der Waals surface area contributed by atoms with Crippen LogP contribution in [0.15, 0.2) is 35.2 Å². The SMILES string of the molecule is OCCC1CCCN1CCSc1ccccc1. The molecule has 0 aromatic heterocycles. The molecule has 94 valence electrons. The number of hydrogen-bond acceptors (Lipinski definition) is 3. The predicted molar refractivity (Wildman–Crippen MR) is 73.5 cm³/mol. The topological polar surface area (TPSA) is 23.5 Å². The van der Waals surface area contributed by atoms with Crippen LogP contribution in [0.3, 0.4) is 0 Å². The molecule has 1 aliphatic rings. The molecule has 1 aliphatic heterocycles. The van der Waals surface area contributed by atoms with Gasteiger partial charge in [-0.1, -0.05) is 18.2 Å². The van der Waals surface area contributed by atoms with Crippen molar-refractivity contribution < 1.29 is 5.11 Å². The summed E-state index contributed by atoms with van der Waals surface area (Å²) >= 11 is 1.92. The van der Waals surface area contributed by atoms with Gasteiger partial charge in [-0.2, -0.15) is 0 Å². The lowest BCUT2D eigenvalue weighted by atomic mass is 10.1. The van der Waals surface area contributed by atoms with E-state index in [1.54, 1.807) is 0 Å². The zero-order valence-corrected chi connectivity index (χ0v) is 11.0. The van der Waals surface area contributed by atoms with Crippen molar-refractivity contribution in [3.8, 4) is 0 Å². The summed E-state index contributed by atoms with van der Waals surface area (Å²) in [5.74, 6) is 1.14. The van der Waals surface area contributed by atoms with Crippen LogP contribution >= 0.6 is 11.8 Å². The zero-order valence-electron chi connectivity index (χ0n) is 10.2. The number of benzene rings is 1. The molecule has 0 spiro atoms. The van der Waals surface area contributed by atoms with Crippen molar-refractivity contribution in [1.82, 2.24) is 4.90 Å². The number of likely N-dealkylation sites (tertiary alicyclic amines) is 1. The van der Waals surface area contributed by atoms with Crippen LogP contribution in [-0.4, -0.2) is 41.5 Å². The van der Waals surface area contributed by atoms with Crippen LogP contribution in [0.5, 0.6) is 0 Å². The predicted octanol–water partition coefficient (Wildman–Crippen LogP) is 2.63. The molecule has 1 heterocycles. The van der Waals surface area contributed by atoms with Gasteiger partial charge in [0.25, 0.3) is 0 Å². The first-order chi connectivity index (χ1) is 8.40. The Labute approximate surface area is 108 Å². The van der Waals surface area contributed by atoms with E-state index in [-0.39, 0.29) is 0 Å². The lowest BCUT2D eigenvalue weighted by molar-refractivity contribution is 0.202. The Hall–Kier alpha value is -0.510. The van der Waals surface area contributed by atoms with E-state index >= 15 is 0 Å². The minimum Gasteiger partial charge on any atom is -0.396 e. The standard InChI is InChI=1S/C14H21NOS/c16-11-8-13-5-4-9-15(13)10-12-17-14-6-2-1-3-7-14/h1-3,6-7,13,16H,4-5,8-12H2. The Bertz CT molecular complexity index is 317. The van der Waals surface area contributed by atoms with Crippen molar-refractivity contribution in [1.29, 1.82) is 0 Å². The van der Waals surface area contributed by atoms with Crippen LogP contribution in [-0.2, 0) is 0 Å². The first-order valence-corrected chi connectivity index (χ1v) is 7.41. The Morgan fingerprint density at radius 3 is 2.88 bits per heavy atom. The molecule has 0 radical (unpaired) electrons. The fourth-order valence-corrected chi connectivity index (χ4v) is 3.37. The number of thioether (sulfide) groups is 1. The summed E-state index contributed by atoms with van der Waals surface area (Å²) in [7, 11) is 0. The Balaban J connectivity index is 1.71. The maximum atomic E-state index is 9.02. The second kappa shape index (κ2) is 7.04. The van der Waals surface area contributed by atoms with Crippen molar-refractivity contribution in [3.63, 3.8) is 0 Å². The van der Waals surface area contributed by atoms with Crippen molar-refractivity contribution in [3.05, 3.63) is 30.3 Å². The van der Waals surface area contributed by atoms with Gasteiger partial charge in [0.1, 0.15) is 0 Å². The first kappa shape index (κ1) is 12.9. The summed E-state index contributed by atoms with van der Waals surface area (Å²) < 4.78 is 0. The fourth-order valence-electron chi connectivity index (χ4n) is 2.46. The highest BCUT2D eigenvalue weighted by Gasteiger charge is 2.22. The maximum absolute atomic E-state index is 9.02. The second-order valence-corrected chi connectivity index (χ2v) is 5.67. The third-order valence-corrected chi connectivity index (χ3v) is 4.34. The molecule has 1 unspecified atom stereocenters. The fraction of sp³-hybridized carbons (Fsp3) is 0.571.